The number of ether oxygens (including phenoxy) is 2. The van der Waals surface area contributed by atoms with Crippen molar-refractivity contribution in [2.75, 3.05) is 26.8 Å². The molecule has 0 atom stereocenters. The molecule has 1 aliphatic rings. The Bertz CT molecular complexity index is 706. The van der Waals surface area contributed by atoms with Gasteiger partial charge >= 0.3 is 0 Å². The number of benzene rings is 2. The van der Waals surface area contributed by atoms with Gasteiger partial charge in [0.2, 0.25) is 0 Å². The van der Waals surface area contributed by atoms with Gasteiger partial charge in [-0.25, -0.2) is 0 Å². The molecular weight excluding hydrogens is 310 g/mol. The van der Waals surface area contributed by atoms with Gasteiger partial charge in [0.1, 0.15) is 11.5 Å². The third kappa shape index (κ3) is 5.10. The molecule has 0 saturated heterocycles. The van der Waals surface area contributed by atoms with Gasteiger partial charge in [-0.3, -0.25) is 4.90 Å². The molecule has 25 heavy (non-hydrogen) atoms. The van der Waals surface area contributed by atoms with Crippen LogP contribution in [0.4, 0.5) is 0 Å². The average molecular weight is 337 g/mol. The van der Waals surface area contributed by atoms with E-state index in [-0.39, 0.29) is 0 Å². The molecule has 0 saturated carbocycles. The van der Waals surface area contributed by atoms with Crippen LogP contribution >= 0.6 is 0 Å². The van der Waals surface area contributed by atoms with E-state index >= 15 is 0 Å². The van der Waals surface area contributed by atoms with Crippen LogP contribution in [-0.4, -0.2) is 31.7 Å². The number of nitrogens with zero attached hydrogens (tertiary/aromatic N) is 1. The monoisotopic (exact) mass is 337 g/mol. The zero-order valence-corrected chi connectivity index (χ0v) is 15.2. The van der Waals surface area contributed by atoms with Crippen LogP contribution in [0.15, 0.2) is 48.5 Å². The highest BCUT2D eigenvalue weighted by Gasteiger charge is 2.11. The molecule has 0 unspecified atom stereocenters. The second-order valence-corrected chi connectivity index (χ2v) is 6.50. The Labute approximate surface area is 150 Å². The quantitative estimate of drug-likeness (QED) is 0.739. The molecule has 0 N–H and O–H groups in total. The van der Waals surface area contributed by atoms with Gasteiger partial charge in [-0.1, -0.05) is 36.4 Å². The normalized spacial score (nSPS) is 13.7. The number of rotatable bonds is 7. The Balaban J connectivity index is 1.51. The molecule has 0 amide bonds. The third-order valence-electron chi connectivity index (χ3n) is 4.35. The van der Waals surface area contributed by atoms with Crippen LogP contribution in [0.1, 0.15) is 30.0 Å². The van der Waals surface area contributed by atoms with E-state index in [1.807, 2.05) is 19.1 Å². The fraction of sp³-hybridized carbons (Fsp3) is 0.364. The first-order chi connectivity index (χ1) is 12.2. The van der Waals surface area contributed by atoms with Gasteiger partial charge in [0.25, 0.3) is 0 Å². The van der Waals surface area contributed by atoms with E-state index in [1.165, 1.54) is 16.7 Å². The van der Waals surface area contributed by atoms with Crippen LogP contribution in [0.5, 0.6) is 11.5 Å². The Morgan fingerprint density at radius 2 is 2.00 bits per heavy atom. The second-order valence-electron chi connectivity index (χ2n) is 6.50. The summed E-state index contributed by atoms with van der Waals surface area (Å²) in [5.41, 5.74) is 3.84. The molecule has 0 spiro atoms. The number of aryl methyl sites for hydroxylation is 1. The van der Waals surface area contributed by atoms with Crippen molar-refractivity contribution in [3.8, 4) is 11.5 Å². The summed E-state index contributed by atoms with van der Waals surface area (Å²) in [5, 5.41) is 0. The summed E-state index contributed by atoms with van der Waals surface area (Å²) < 4.78 is 11.2. The van der Waals surface area contributed by atoms with E-state index in [1.54, 1.807) is 0 Å². The van der Waals surface area contributed by atoms with E-state index in [0.29, 0.717) is 6.61 Å². The summed E-state index contributed by atoms with van der Waals surface area (Å²) >= 11 is 0. The number of hydrogen-bond donors (Lipinski definition) is 0. The van der Waals surface area contributed by atoms with Crippen molar-refractivity contribution in [1.29, 1.82) is 0 Å². The van der Waals surface area contributed by atoms with Crippen LogP contribution in [-0.2, 0) is 13.0 Å². The fourth-order valence-electron chi connectivity index (χ4n) is 3.07. The molecule has 1 aliphatic heterocycles. The minimum atomic E-state index is 0.702. The van der Waals surface area contributed by atoms with Crippen LogP contribution in [0.3, 0.4) is 0 Å². The van der Waals surface area contributed by atoms with Crippen LogP contribution in [0, 0.1) is 0 Å². The molecule has 0 fully saturated rings. The minimum Gasteiger partial charge on any atom is -0.494 e. The van der Waals surface area contributed by atoms with E-state index in [2.05, 4.69) is 54.4 Å². The highest BCUT2D eigenvalue weighted by molar-refractivity contribution is 5.50. The van der Waals surface area contributed by atoms with Crippen molar-refractivity contribution in [3.05, 3.63) is 65.2 Å². The fourth-order valence-corrected chi connectivity index (χ4v) is 3.07. The van der Waals surface area contributed by atoms with Crippen LogP contribution in [0.25, 0.3) is 6.08 Å². The summed E-state index contributed by atoms with van der Waals surface area (Å²) in [6, 6.07) is 14.8. The maximum Gasteiger partial charge on any atom is 0.122 e. The Kier molecular flexibility index (Phi) is 6.13. The second kappa shape index (κ2) is 8.72. The Morgan fingerprint density at radius 3 is 2.80 bits per heavy atom. The summed E-state index contributed by atoms with van der Waals surface area (Å²) in [5.74, 6) is 1.99. The molecule has 0 aliphatic carbocycles. The zero-order valence-electron chi connectivity index (χ0n) is 15.2. The molecular formula is C22H27NO2. The van der Waals surface area contributed by atoms with Crippen molar-refractivity contribution in [3.63, 3.8) is 0 Å². The van der Waals surface area contributed by atoms with E-state index in [9.17, 15) is 0 Å². The van der Waals surface area contributed by atoms with Crippen molar-refractivity contribution in [2.24, 2.45) is 0 Å². The first-order valence-electron chi connectivity index (χ1n) is 9.07. The molecule has 2 aromatic rings. The Hall–Kier alpha value is -2.26. The minimum absolute atomic E-state index is 0.702. The summed E-state index contributed by atoms with van der Waals surface area (Å²) in [7, 11) is 2.14. The Morgan fingerprint density at radius 1 is 1.16 bits per heavy atom. The van der Waals surface area contributed by atoms with Gasteiger partial charge in [-0.2, -0.15) is 0 Å². The van der Waals surface area contributed by atoms with Crippen LogP contribution in [0.2, 0.25) is 0 Å². The first-order valence-corrected chi connectivity index (χ1v) is 9.07. The molecule has 0 aromatic heterocycles. The van der Waals surface area contributed by atoms with Gasteiger partial charge in [-0.15, -0.1) is 0 Å². The van der Waals surface area contributed by atoms with Gasteiger partial charge in [0, 0.05) is 13.1 Å². The van der Waals surface area contributed by atoms with Crippen molar-refractivity contribution in [1.82, 2.24) is 4.90 Å². The standard InChI is InChI=1S/C22H27NO2/c1-3-24-21-12-9-18(10-13-21)6-4-14-23(2)17-19-8-11-20-7-5-15-25-22(20)16-19/h4,6,8-13,16H,3,5,7,14-15,17H2,1-2H3/b6-4+. The zero-order chi connectivity index (χ0) is 17.5. The third-order valence-corrected chi connectivity index (χ3v) is 4.35. The first kappa shape index (κ1) is 17.6. The lowest BCUT2D eigenvalue weighted by Crippen LogP contribution is -2.18. The molecule has 1 heterocycles. The maximum absolute atomic E-state index is 5.77. The number of fused-ring (bicyclic) bond motifs is 1. The molecule has 132 valence electrons. The molecule has 2 aromatic carbocycles. The SMILES string of the molecule is CCOc1ccc(/C=C/CN(C)Cc2ccc3c(c2)OCCC3)cc1. The lowest BCUT2D eigenvalue weighted by Gasteiger charge is -2.20. The smallest absolute Gasteiger partial charge is 0.122 e. The highest BCUT2D eigenvalue weighted by atomic mass is 16.5. The highest BCUT2D eigenvalue weighted by Crippen LogP contribution is 2.26. The molecule has 3 rings (SSSR count). The topological polar surface area (TPSA) is 21.7 Å². The summed E-state index contributed by atoms with van der Waals surface area (Å²) in [4.78, 5) is 2.30. The van der Waals surface area contributed by atoms with Gasteiger partial charge in [-0.05, 0) is 61.7 Å². The van der Waals surface area contributed by atoms with E-state index in [0.717, 1.165) is 44.0 Å². The van der Waals surface area contributed by atoms with Crippen LogP contribution < -0.4 is 9.47 Å². The lowest BCUT2D eigenvalue weighted by atomic mass is 10.0. The maximum atomic E-state index is 5.77. The number of hydrogen-bond acceptors (Lipinski definition) is 3. The van der Waals surface area contributed by atoms with Crippen molar-refractivity contribution >= 4 is 6.08 Å². The predicted octanol–water partition coefficient (Wildman–Crippen LogP) is 4.56. The van der Waals surface area contributed by atoms with Crippen molar-refractivity contribution in [2.45, 2.75) is 26.3 Å². The average Bonchev–Trinajstić information content (AvgIpc) is 2.63. The van der Waals surface area contributed by atoms with Crippen molar-refractivity contribution < 1.29 is 9.47 Å². The lowest BCUT2D eigenvalue weighted by molar-refractivity contribution is 0.287. The molecule has 3 heteroatoms. The summed E-state index contributed by atoms with van der Waals surface area (Å²) in [6.45, 7) is 5.37. The van der Waals surface area contributed by atoms with E-state index < -0.39 is 0 Å². The van der Waals surface area contributed by atoms with Gasteiger partial charge in [0.05, 0.1) is 13.2 Å². The molecule has 3 nitrogen and oxygen atoms in total. The van der Waals surface area contributed by atoms with Gasteiger partial charge in [0.15, 0.2) is 0 Å². The van der Waals surface area contributed by atoms with Gasteiger partial charge < -0.3 is 9.47 Å². The predicted molar refractivity (Wildman–Crippen MR) is 103 cm³/mol. The summed E-state index contributed by atoms with van der Waals surface area (Å²) in [6.07, 6.45) is 6.62. The molecule has 0 bridgehead atoms. The molecule has 0 radical (unpaired) electrons. The largest absolute Gasteiger partial charge is 0.494 e. The number of likely N-dealkylation sites (N-methyl/N-ethyl adjacent to an activating group) is 1. The van der Waals surface area contributed by atoms with E-state index in [4.69, 9.17) is 9.47 Å².